The number of likely N-dealkylation sites (tertiary alicyclic amines) is 1. The van der Waals surface area contributed by atoms with Crippen LogP contribution in [-0.2, 0) is 21.5 Å². The van der Waals surface area contributed by atoms with E-state index in [9.17, 15) is 9.59 Å². The van der Waals surface area contributed by atoms with Crippen molar-refractivity contribution in [2.24, 2.45) is 0 Å². The first kappa shape index (κ1) is 21.2. The quantitative estimate of drug-likeness (QED) is 0.699. The summed E-state index contributed by atoms with van der Waals surface area (Å²) in [6.07, 6.45) is 1.65. The Labute approximate surface area is 173 Å². The molecule has 1 aliphatic heterocycles. The van der Waals surface area contributed by atoms with Crippen molar-refractivity contribution >= 4 is 11.7 Å². The van der Waals surface area contributed by atoms with Gasteiger partial charge in [0.1, 0.15) is 5.78 Å². The minimum Gasteiger partial charge on any atom is -0.383 e. The minimum absolute atomic E-state index is 0.0813. The summed E-state index contributed by atoms with van der Waals surface area (Å²) in [5.41, 5.74) is 2.53. The predicted molar refractivity (Wildman–Crippen MR) is 114 cm³/mol. The van der Waals surface area contributed by atoms with Gasteiger partial charge in [-0.2, -0.15) is 0 Å². The molecule has 154 valence electrons. The third kappa shape index (κ3) is 5.11. The first-order valence-corrected chi connectivity index (χ1v) is 10.2. The molecule has 0 spiro atoms. The van der Waals surface area contributed by atoms with Crippen LogP contribution in [-0.4, -0.2) is 49.9 Å². The topological polar surface area (TPSA) is 58.6 Å². The summed E-state index contributed by atoms with van der Waals surface area (Å²) in [6, 6.07) is 17.9. The average molecular weight is 395 g/mol. The fourth-order valence-electron chi connectivity index (χ4n) is 4.13. The number of hydrogen-bond acceptors (Lipinski definition) is 4. The second-order valence-electron chi connectivity index (χ2n) is 7.73. The zero-order valence-electron chi connectivity index (χ0n) is 17.3. The van der Waals surface area contributed by atoms with Crippen LogP contribution in [0.2, 0.25) is 0 Å². The highest BCUT2D eigenvalue weighted by atomic mass is 16.5. The van der Waals surface area contributed by atoms with Gasteiger partial charge < -0.3 is 10.1 Å². The molecule has 0 radical (unpaired) electrons. The molecule has 5 nitrogen and oxygen atoms in total. The Morgan fingerprint density at radius 2 is 1.79 bits per heavy atom. The van der Waals surface area contributed by atoms with E-state index >= 15 is 0 Å². The SMILES string of the molecule is COCCNC(=O)c1cccc(CN2CCC(C(C)=O)(c3ccccc3)CC2)c1. The van der Waals surface area contributed by atoms with E-state index in [2.05, 4.69) is 28.4 Å². The van der Waals surface area contributed by atoms with E-state index in [4.69, 9.17) is 4.74 Å². The van der Waals surface area contributed by atoms with E-state index in [0.29, 0.717) is 18.7 Å². The average Bonchev–Trinajstić information content (AvgIpc) is 2.75. The van der Waals surface area contributed by atoms with E-state index in [0.717, 1.165) is 43.6 Å². The van der Waals surface area contributed by atoms with Gasteiger partial charge in [-0.3, -0.25) is 14.5 Å². The van der Waals surface area contributed by atoms with Gasteiger partial charge in [0, 0.05) is 25.8 Å². The van der Waals surface area contributed by atoms with Crippen LogP contribution in [0.1, 0.15) is 41.3 Å². The monoisotopic (exact) mass is 394 g/mol. The zero-order valence-corrected chi connectivity index (χ0v) is 17.3. The molecule has 1 amide bonds. The molecule has 1 aliphatic rings. The molecule has 5 heteroatoms. The van der Waals surface area contributed by atoms with Gasteiger partial charge in [-0.1, -0.05) is 42.5 Å². The summed E-state index contributed by atoms with van der Waals surface area (Å²) >= 11 is 0. The minimum atomic E-state index is -0.374. The van der Waals surface area contributed by atoms with Crippen LogP contribution < -0.4 is 5.32 Å². The molecule has 0 aromatic heterocycles. The van der Waals surface area contributed by atoms with Crippen molar-refractivity contribution in [3.8, 4) is 0 Å². The number of piperidine rings is 1. The van der Waals surface area contributed by atoms with Crippen LogP contribution in [0.4, 0.5) is 0 Å². The van der Waals surface area contributed by atoms with Gasteiger partial charge in [-0.15, -0.1) is 0 Å². The fourth-order valence-corrected chi connectivity index (χ4v) is 4.13. The smallest absolute Gasteiger partial charge is 0.251 e. The van der Waals surface area contributed by atoms with Gasteiger partial charge >= 0.3 is 0 Å². The number of ketones is 1. The number of hydrogen-bond donors (Lipinski definition) is 1. The van der Waals surface area contributed by atoms with Crippen LogP contribution in [0.15, 0.2) is 54.6 Å². The largest absolute Gasteiger partial charge is 0.383 e. The van der Waals surface area contributed by atoms with E-state index in [1.165, 1.54) is 0 Å². The van der Waals surface area contributed by atoms with Gasteiger partial charge in [-0.05, 0) is 56.1 Å². The van der Waals surface area contributed by atoms with Crippen LogP contribution in [0.5, 0.6) is 0 Å². The normalized spacial score (nSPS) is 16.3. The number of Topliss-reactive ketones (excluding diaryl/α,β-unsaturated/α-hetero) is 1. The van der Waals surface area contributed by atoms with Gasteiger partial charge in [-0.25, -0.2) is 0 Å². The summed E-state index contributed by atoms with van der Waals surface area (Å²) < 4.78 is 4.97. The molecular weight excluding hydrogens is 364 g/mol. The highest BCUT2D eigenvalue weighted by molar-refractivity contribution is 5.94. The molecule has 1 heterocycles. The van der Waals surface area contributed by atoms with Crippen molar-refractivity contribution in [3.63, 3.8) is 0 Å². The first-order chi connectivity index (χ1) is 14.0. The van der Waals surface area contributed by atoms with Crippen LogP contribution in [0.25, 0.3) is 0 Å². The third-order valence-corrected chi connectivity index (χ3v) is 5.90. The summed E-state index contributed by atoms with van der Waals surface area (Å²) in [5, 5.41) is 2.86. The molecule has 1 N–H and O–H groups in total. The van der Waals surface area contributed by atoms with Gasteiger partial charge in [0.05, 0.1) is 12.0 Å². The number of methoxy groups -OCH3 is 1. The van der Waals surface area contributed by atoms with Crippen molar-refractivity contribution in [1.82, 2.24) is 10.2 Å². The molecule has 1 saturated heterocycles. The number of nitrogens with one attached hydrogen (secondary N) is 1. The maximum atomic E-state index is 12.5. The molecular formula is C24H30N2O3. The summed E-state index contributed by atoms with van der Waals surface area (Å²) in [6.45, 7) is 5.21. The maximum absolute atomic E-state index is 12.5. The number of benzene rings is 2. The Balaban J connectivity index is 1.63. The molecule has 3 rings (SSSR count). The molecule has 0 atom stereocenters. The first-order valence-electron chi connectivity index (χ1n) is 10.2. The third-order valence-electron chi connectivity index (χ3n) is 5.90. The summed E-state index contributed by atoms with van der Waals surface area (Å²) in [7, 11) is 1.62. The molecule has 2 aromatic rings. The molecule has 0 bridgehead atoms. The van der Waals surface area contributed by atoms with E-state index in [1.54, 1.807) is 14.0 Å². The molecule has 1 fully saturated rings. The van der Waals surface area contributed by atoms with E-state index in [-0.39, 0.29) is 17.1 Å². The van der Waals surface area contributed by atoms with Crippen molar-refractivity contribution in [3.05, 3.63) is 71.3 Å². The van der Waals surface area contributed by atoms with Crippen molar-refractivity contribution < 1.29 is 14.3 Å². The lowest BCUT2D eigenvalue weighted by molar-refractivity contribution is -0.124. The van der Waals surface area contributed by atoms with Gasteiger partial charge in [0.25, 0.3) is 5.91 Å². The van der Waals surface area contributed by atoms with Crippen LogP contribution in [0, 0.1) is 0 Å². The molecule has 2 aromatic carbocycles. The number of amides is 1. The standard InChI is InChI=1S/C24H30N2O3/c1-19(27)24(22-9-4-3-5-10-22)11-14-26(15-12-24)18-20-7-6-8-21(17-20)23(28)25-13-16-29-2/h3-10,17H,11-16,18H2,1-2H3,(H,25,28). The highest BCUT2D eigenvalue weighted by Gasteiger charge is 2.40. The van der Waals surface area contributed by atoms with Crippen LogP contribution in [0.3, 0.4) is 0 Å². The highest BCUT2D eigenvalue weighted by Crippen LogP contribution is 2.36. The molecule has 0 unspecified atom stereocenters. The van der Waals surface area contributed by atoms with E-state index < -0.39 is 0 Å². The molecule has 29 heavy (non-hydrogen) atoms. The maximum Gasteiger partial charge on any atom is 0.251 e. The number of carbonyl (C=O) groups is 2. The Morgan fingerprint density at radius 1 is 1.07 bits per heavy atom. The Morgan fingerprint density at radius 3 is 2.45 bits per heavy atom. The van der Waals surface area contributed by atoms with Crippen molar-refractivity contribution in [2.45, 2.75) is 31.7 Å². The van der Waals surface area contributed by atoms with Crippen molar-refractivity contribution in [2.75, 3.05) is 33.4 Å². The summed E-state index contributed by atoms with van der Waals surface area (Å²) in [5.74, 6) is 0.167. The molecule has 0 saturated carbocycles. The lowest BCUT2D eigenvalue weighted by atomic mass is 9.70. The van der Waals surface area contributed by atoms with Gasteiger partial charge in [0.2, 0.25) is 0 Å². The molecule has 0 aliphatic carbocycles. The number of nitrogens with zero attached hydrogens (tertiary/aromatic N) is 1. The Bertz CT molecular complexity index is 827. The number of ether oxygens (including phenoxy) is 1. The second kappa shape index (κ2) is 9.81. The summed E-state index contributed by atoms with van der Waals surface area (Å²) in [4.78, 5) is 27.2. The van der Waals surface area contributed by atoms with Crippen molar-refractivity contribution in [1.29, 1.82) is 0 Å². The van der Waals surface area contributed by atoms with Crippen LogP contribution >= 0.6 is 0 Å². The second-order valence-corrected chi connectivity index (χ2v) is 7.73. The lowest BCUT2D eigenvalue weighted by Gasteiger charge is -2.40. The number of rotatable bonds is 8. The number of carbonyl (C=O) groups excluding carboxylic acids is 2. The predicted octanol–water partition coefficient (Wildman–Crippen LogP) is 3.19. The Kier molecular flexibility index (Phi) is 7.18. The lowest BCUT2D eigenvalue weighted by Crippen LogP contribution is -2.46. The van der Waals surface area contributed by atoms with Gasteiger partial charge in [0.15, 0.2) is 0 Å². The fraction of sp³-hybridized carbons (Fsp3) is 0.417. The van der Waals surface area contributed by atoms with E-state index in [1.807, 2.05) is 36.4 Å². The Hall–Kier alpha value is -2.50. The zero-order chi connectivity index (χ0) is 20.7.